The van der Waals surface area contributed by atoms with E-state index in [1.54, 1.807) is 11.3 Å². The molecule has 2 heterocycles. The van der Waals surface area contributed by atoms with Gasteiger partial charge in [0.1, 0.15) is 0 Å². The first-order valence-corrected chi connectivity index (χ1v) is 8.19. The lowest BCUT2D eigenvalue weighted by Crippen LogP contribution is -2.19. The molecule has 0 bridgehead atoms. The number of nitrogens with zero attached hydrogens (tertiary/aromatic N) is 1. The summed E-state index contributed by atoms with van der Waals surface area (Å²) in [5, 5.41) is 6.74. The topological polar surface area (TPSA) is 24.9 Å². The molecule has 1 N–H and O–H groups in total. The predicted octanol–water partition coefficient (Wildman–Crippen LogP) is 4.56. The molecule has 2 nitrogen and oxygen atoms in total. The molecule has 4 heteroatoms. The molecule has 20 heavy (non-hydrogen) atoms. The van der Waals surface area contributed by atoms with E-state index in [1.165, 1.54) is 15.8 Å². The zero-order valence-electron chi connectivity index (χ0n) is 11.1. The second kappa shape index (κ2) is 6.04. The number of fused-ring (bicyclic) bond motifs is 1. The first-order chi connectivity index (χ1) is 9.78. The second-order valence-corrected chi connectivity index (χ2v) is 6.61. The van der Waals surface area contributed by atoms with E-state index in [2.05, 4.69) is 61.9 Å². The molecular formula is C16H15BrN2S. The van der Waals surface area contributed by atoms with Crippen LogP contribution in [-0.4, -0.2) is 12.0 Å². The Kier molecular flexibility index (Phi) is 4.15. The van der Waals surface area contributed by atoms with Gasteiger partial charge in [0.2, 0.25) is 0 Å². The van der Waals surface area contributed by atoms with Gasteiger partial charge >= 0.3 is 0 Å². The summed E-state index contributed by atoms with van der Waals surface area (Å²) < 4.78 is 1.16. The van der Waals surface area contributed by atoms with E-state index in [0.717, 1.165) is 16.4 Å². The number of nitrogens with one attached hydrogen (secondary N) is 1. The number of benzene rings is 1. The summed E-state index contributed by atoms with van der Waals surface area (Å²) in [6, 6.07) is 12.9. The van der Waals surface area contributed by atoms with Gasteiger partial charge in [-0.1, -0.05) is 24.3 Å². The van der Waals surface area contributed by atoms with Gasteiger partial charge in [-0.05, 0) is 40.7 Å². The monoisotopic (exact) mass is 346 g/mol. The molecule has 0 aliphatic carbocycles. The Morgan fingerprint density at radius 3 is 2.90 bits per heavy atom. The molecule has 1 atom stereocenters. The molecule has 0 amide bonds. The minimum Gasteiger partial charge on any atom is -0.313 e. The molecule has 0 radical (unpaired) electrons. The van der Waals surface area contributed by atoms with E-state index >= 15 is 0 Å². The minimum atomic E-state index is 0.277. The molecule has 1 aromatic carbocycles. The summed E-state index contributed by atoms with van der Waals surface area (Å²) in [5.41, 5.74) is 2.35. The van der Waals surface area contributed by atoms with Gasteiger partial charge in [0, 0.05) is 38.8 Å². The molecule has 2 aromatic heterocycles. The van der Waals surface area contributed by atoms with Crippen molar-refractivity contribution in [1.29, 1.82) is 0 Å². The normalized spacial score (nSPS) is 12.7. The highest BCUT2D eigenvalue weighted by Crippen LogP contribution is 2.28. The number of hydrogen-bond donors (Lipinski definition) is 1. The molecule has 0 aliphatic heterocycles. The number of likely N-dealkylation sites (N-methyl/N-ethyl adjacent to an activating group) is 1. The van der Waals surface area contributed by atoms with Crippen LogP contribution in [0.5, 0.6) is 0 Å². The van der Waals surface area contributed by atoms with Crippen LogP contribution >= 0.6 is 27.3 Å². The van der Waals surface area contributed by atoms with Gasteiger partial charge in [-0.25, -0.2) is 0 Å². The Morgan fingerprint density at radius 2 is 2.15 bits per heavy atom. The third-order valence-electron chi connectivity index (χ3n) is 3.41. The Balaban J connectivity index is 1.98. The zero-order chi connectivity index (χ0) is 13.9. The molecule has 1 unspecified atom stereocenters. The lowest BCUT2D eigenvalue weighted by Gasteiger charge is -2.17. The number of pyridine rings is 1. The maximum Gasteiger partial charge on any atom is 0.0749 e. The van der Waals surface area contributed by atoms with Gasteiger partial charge in [0.05, 0.1) is 5.52 Å². The van der Waals surface area contributed by atoms with Gasteiger partial charge in [-0.2, -0.15) is 0 Å². The van der Waals surface area contributed by atoms with Crippen molar-refractivity contribution in [2.45, 2.75) is 12.5 Å². The zero-order valence-corrected chi connectivity index (χ0v) is 13.5. The van der Waals surface area contributed by atoms with Crippen LogP contribution in [0.1, 0.15) is 16.5 Å². The van der Waals surface area contributed by atoms with E-state index in [4.69, 9.17) is 0 Å². The van der Waals surface area contributed by atoms with Crippen molar-refractivity contribution in [3.05, 3.63) is 62.9 Å². The third kappa shape index (κ3) is 2.77. The standard InChI is InChI=1S/C16H15BrN2S/c1-18-15(9-13-8-12(17)10-20-13)14-6-2-4-11-5-3-7-19-16(11)14/h2-8,10,15,18H,9H2,1H3. The molecule has 0 spiro atoms. The van der Waals surface area contributed by atoms with Crippen molar-refractivity contribution in [2.24, 2.45) is 0 Å². The lowest BCUT2D eigenvalue weighted by atomic mass is 10.00. The lowest BCUT2D eigenvalue weighted by molar-refractivity contribution is 0.600. The highest BCUT2D eigenvalue weighted by molar-refractivity contribution is 9.10. The van der Waals surface area contributed by atoms with Crippen LogP contribution in [0.4, 0.5) is 0 Å². The Bertz CT molecular complexity index is 718. The first kappa shape index (κ1) is 13.7. The van der Waals surface area contributed by atoms with Crippen LogP contribution in [0.25, 0.3) is 10.9 Å². The molecular weight excluding hydrogens is 332 g/mol. The smallest absolute Gasteiger partial charge is 0.0749 e. The quantitative estimate of drug-likeness (QED) is 0.748. The Labute approximate surface area is 131 Å². The van der Waals surface area contributed by atoms with Crippen LogP contribution < -0.4 is 5.32 Å². The number of halogens is 1. The van der Waals surface area contributed by atoms with Gasteiger partial charge in [0.15, 0.2) is 0 Å². The fourth-order valence-electron chi connectivity index (χ4n) is 2.44. The molecule has 0 aliphatic rings. The summed E-state index contributed by atoms with van der Waals surface area (Å²) in [6.07, 6.45) is 2.84. The van der Waals surface area contributed by atoms with E-state index in [1.807, 2.05) is 19.3 Å². The molecule has 0 saturated heterocycles. The van der Waals surface area contributed by atoms with Crippen LogP contribution in [-0.2, 0) is 6.42 Å². The first-order valence-electron chi connectivity index (χ1n) is 6.52. The van der Waals surface area contributed by atoms with Crippen molar-refractivity contribution in [3.8, 4) is 0 Å². The number of rotatable bonds is 4. The summed E-state index contributed by atoms with van der Waals surface area (Å²) in [7, 11) is 2.01. The highest BCUT2D eigenvalue weighted by Gasteiger charge is 2.14. The minimum absolute atomic E-state index is 0.277. The third-order valence-corrected chi connectivity index (χ3v) is 5.13. The van der Waals surface area contributed by atoms with Crippen molar-refractivity contribution in [1.82, 2.24) is 10.3 Å². The van der Waals surface area contributed by atoms with Crippen LogP contribution in [0.2, 0.25) is 0 Å². The maximum absolute atomic E-state index is 4.55. The number of para-hydroxylation sites is 1. The van der Waals surface area contributed by atoms with E-state index < -0.39 is 0 Å². The Hall–Kier alpha value is -1.23. The number of aromatic nitrogens is 1. The second-order valence-electron chi connectivity index (χ2n) is 4.70. The van der Waals surface area contributed by atoms with Crippen molar-refractivity contribution in [3.63, 3.8) is 0 Å². The van der Waals surface area contributed by atoms with Crippen LogP contribution in [0.15, 0.2) is 52.4 Å². The number of thiophene rings is 1. The van der Waals surface area contributed by atoms with Crippen molar-refractivity contribution in [2.75, 3.05) is 7.05 Å². The van der Waals surface area contributed by atoms with Crippen molar-refractivity contribution < 1.29 is 0 Å². The summed E-state index contributed by atoms with van der Waals surface area (Å²) in [5.74, 6) is 0. The number of hydrogen-bond acceptors (Lipinski definition) is 3. The van der Waals surface area contributed by atoms with Crippen LogP contribution in [0, 0.1) is 0 Å². The fourth-order valence-corrected chi connectivity index (χ4v) is 3.94. The van der Waals surface area contributed by atoms with E-state index in [-0.39, 0.29) is 6.04 Å². The van der Waals surface area contributed by atoms with E-state index in [0.29, 0.717) is 0 Å². The maximum atomic E-state index is 4.55. The van der Waals surface area contributed by atoms with Gasteiger partial charge in [-0.15, -0.1) is 11.3 Å². The molecule has 3 rings (SSSR count). The van der Waals surface area contributed by atoms with E-state index in [9.17, 15) is 0 Å². The van der Waals surface area contributed by atoms with Crippen molar-refractivity contribution >= 4 is 38.2 Å². The van der Waals surface area contributed by atoms with Gasteiger partial charge < -0.3 is 5.32 Å². The molecule has 0 saturated carbocycles. The fraction of sp³-hybridized carbons (Fsp3) is 0.188. The average Bonchev–Trinajstić information content (AvgIpc) is 2.89. The Morgan fingerprint density at radius 1 is 1.30 bits per heavy atom. The average molecular weight is 347 g/mol. The highest BCUT2D eigenvalue weighted by atomic mass is 79.9. The molecule has 102 valence electrons. The summed E-state index contributed by atoms with van der Waals surface area (Å²) >= 11 is 5.30. The van der Waals surface area contributed by atoms with Gasteiger partial charge in [-0.3, -0.25) is 4.98 Å². The predicted molar refractivity (Wildman–Crippen MR) is 89.3 cm³/mol. The summed E-state index contributed by atoms with van der Waals surface area (Å²) in [6.45, 7) is 0. The largest absolute Gasteiger partial charge is 0.313 e. The summed E-state index contributed by atoms with van der Waals surface area (Å²) in [4.78, 5) is 5.92. The molecule has 3 aromatic rings. The SMILES string of the molecule is CNC(Cc1cc(Br)cs1)c1cccc2cccnc12. The van der Waals surface area contributed by atoms with Crippen LogP contribution in [0.3, 0.4) is 0 Å². The molecule has 0 fully saturated rings. The van der Waals surface area contributed by atoms with Gasteiger partial charge in [0.25, 0.3) is 0 Å².